The molecule has 2 N–H and O–H groups in total. The van der Waals surface area contributed by atoms with Crippen LogP contribution in [0.2, 0.25) is 0 Å². The average molecular weight is 368 g/mol. The number of rotatable bonds is 8. The zero-order valence-corrected chi connectivity index (χ0v) is 15.7. The van der Waals surface area contributed by atoms with E-state index >= 15 is 0 Å². The molecule has 0 heterocycles. The van der Waals surface area contributed by atoms with Gasteiger partial charge >= 0.3 is 0 Å². The van der Waals surface area contributed by atoms with Gasteiger partial charge in [-0.3, -0.25) is 9.59 Å². The normalized spacial score (nSPS) is 11.7. The number of methoxy groups -OCH3 is 2. The van der Waals surface area contributed by atoms with Crippen LogP contribution < -0.4 is 20.1 Å². The van der Waals surface area contributed by atoms with Gasteiger partial charge in [0.2, 0.25) is 11.8 Å². The fourth-order valence-electron chi connectivity index (χ4n) is 2.51. The van der Waals surface area contributed by atoms with Gasteiger partial charge in [0.25, 0.3) is 0 Å². The molecule has 0 saturated carbocycles. The van der Waals surface area contributed by atoms with Crippen molar-refractivity contribution in [2.24, 2.45) is 0 Å². The van der Waals surface area contributed by atoms with Gasteiger partial charge in [-0.2, -0.15) is 0 Å². The summed E-state index contributed by atoms with van der Waals surface area (Å²) in [5, 5.41) is 5.40. The number of hydrogen-bond acceptors (Lipinski definition) is 4. The van der Waals surface area contributed by atoms with E-state index in [1.165, 1.54) is 6.08 Å². The summed E-state index contributed by atoms with van der Waals surface area (Å²) in [5.74, 6) is 0.694. The predicted molar refractivity (Wildman–Crippen MR) is 105 cm³/mol. The highest BCUT2D eigenvalue weighted by Crippen LogP contribution is 2.29. The number of carbonyl (C=O) groups excluding carboxylic acids is 2. The largest absolute Gasteiger partial charge is 0.497 e. The van der Waals surface area contributed by atoms with E-state index in [0.717, 1.165) is 11.1 Å². The first kappa shape index (κ1) is 20.0. The molecule has 0 aliphatic heterocycles. The van der Waals surface area contributed by atoms with Crippen molar-refractivity contribution in [3.05, 3.63) is 65.7 Å². The molecule has 0 saturated heterocycles. The molecule has 2 aromatic rings. The molecule has 1 atom stereocenters. The van der Waals surface area contributed by atoms with Gasteiger partial charge in [0.05, 0.1) is 26.8 Å². The Balaban J connectivity index is 1.88. The van der Waals surface area contributed by atoms with Crippen LogP contribution in [0.4, 0.5) is 0 Å². The zero-order valence-electron chi connectivity index (χ0n) is 15.7. The Bertz CT molecular complexity index is 803. The minimum Gasteiger partial charge on any atom is -0.497 e. The van der Waals surface area contributed by atoms with Crippen LogP contribution in [0, 0.1) is 0 Å². The third-order valence-corrected chi connectivity index (χ3v) is 3.93. The second kappa shape index (κ2) is 10.0. The molecule has 2 amide bonds. The van der Waals surface area contributed by atoms with Crippen molar-refractivity contribution in [1.29, 1.82) is 0 Å². The van der Waals surface area contributed by atoms with E-state index in [0.29, 0.717) is 11.5 Å². The Morgan fingerprint density at radius 1 is 1.07 bits per heavy atom. The van der Waals surface area contributed by atoms with Gasteiger partial charge in [0.1, 0.15) is 11.5 Å². The maximum atomic E-state index is 12.1. The summed E-state index contributed by atoms with van der Waals surface area (Å²) in [7, 11) is 3.15. The number of carbonyl (C=O) groups is 2. The summed E-state index contributed by atoms with van der Waals surface area (Å²) in [4.78, 5) is 24.0. The van der Waals surface area contributed by atoms with Crippen LogP contribution >= 0.6 is 0 Å². The molecule has 0 unspecified atom stereocenters. The Morgan fingerprint density at radius 3 is 2.48 bits per heavy atom. The Labute approximate surface area is 159 Å². The zero-order chi connectivity index (χ0) is 19.6. The van der Waals surface area contributed by atoms with E-state index < -0.39 is 0 Å². The van der Waals surface area contributed by atoms with E-state index in [-0.39, 0.29) is 24.4 Å². The van der Waals surface area contributed by atoms with Crippen molar-refractivity contribution in [2.75, 3.05) is 20.8 Å². The topological polar surface area (TPSA) is 76.7 Å². The molecule has 0 aromatic heterocycles. The predicted octanol–water partition coefficient (Wildman–Crippen LogP) is 2.71. The number of ether oxygens (including phenoxy) is 2. The van der Waals surface area contributed by atoms with Gasteiger partial charge < -0.3 is 20.1 Å². The van der Waals surface area contributed by atoms with Crippen LogP contribution in [0.25, 0.3) is 6.08 Å². The Kier molecular flexibility index (Phi) is 7.43. The van der Waals surface area contributed by atoms with Crippen LogP contribution in [-0.2, 0) is 9.59 Å². The second-order valence-corrected chi connectivity index (χ2v) is 5.86. The van der Waals surface area contributed by atoms with Gasteiger partial charge in [0, 0.05) is 11.6 Å². The maximum Gasteiger partial charge on any atom is 0.244 e. The minimum atomic E-state index is -0.333. The van der Waals surface area contributed by atoms with Crippen LogP contribution in [0.15, 0.2) is 54.6 Å². The summed E-state index contributed by atoms with van der Waals surface area (Å²) in [6, 6.07) is 14.5. The number of amides is 2. The van der Waals surface area contributed by atoms with E-state index in [9.17, 15) is 9.59 Å². The highest BCUT2D eigenvalue weighted by Gasteiger charge is 2.15. The van der Waals surface area contributed by atoms with Crippen molar-refractivity contribution >= 4 is 17.9 Å². The molecule has 2 aromatic carbocycles. The van der Waals surface area contributed by atoms with E-state index in [4.69, 9.17) is 9.47 Å². The molecule has 27 heavy (non-hydrogen) atoms. The summed E-state index contributed by atoms with van der Waals surface area (Å²) >= 11 is 0. The van der Waals surface area contributed by atoms with Crippen molar-refractivity contribution in [3.63, 3.8) is 0 Å². The SMILES string of the molecule is COc1ccc(OC)c([C@H](C)NC(=O)CNC(=O)/C=C/c2ccccc2)c1. The van der Waals surface area contributed by atoms with Crippen LogP contribution in [-0.4, -0.2) is 32.6 Å². The lowest BCUT2D eigenvalue weighted by atomic mass is 10.1. The summed E-state index contributed by atoms with van der Waals surface area (Å²) in [6.45, 7) is 1.72. The third kappa shape index (κ3) is 6.18. The van der Waals surface area contributed by atoms with Crippen molar-refractivity contribution in [1.82, 2.24) is 10.6 Å². The Hall–Kier alpha value is -3.28. The van der Waals surface area contributed by atoms with Crippen molar-refractivity contribution < 1.29 is 19.1 Å². The lowest BCUT2D eigenvalue weighted by molar-refractivity contribution is -0.124. The van der Waals surface area contributed by atoms with Crippen LogP contribution in [0.1, 0.15) is 24.1 Å². The molecule has 0 bridgehead atoms. The molecule has 6 heteroatoms. The Morgan fingerprint density at radius 2 is 1.81 bits per heavy atom. The van der Waals surface area contributed by atoms with E-state index in [2.05, 4.69) is 10.6 Å². The van der Waals surface area contributed by atoms with Crippen molar-refractivity contribution in [3.8, 4) is 11.5 Å². The molecule has 0 aliphatic carbocycles. The molecule has 0 spiro atoms. The maximum absolute atomic E-state index is 12.1. The quantitative estimate of drug-likeness (QED) is 0.703. The highest BCUT2D eigenvalue weighted by atomic mass is 16.5. The van der Waals surface area contributed by atoms with E-state index in [1.807, 2.05) is 43.3 Å². The summed E-state index contributed by atoms with van der Waals surface area (Å²) in [6.07, 6.45) is 3.09. The van der Waals surface area contributed by atoms with Gasteiger partial charge in [-0.1, -0.05) is 30.3 Å². The second-order valence-electron chi connectivity index (χ2n) is 5.86. The van der Waals surface area contributed by atoms with Gasteiger partial charge in [-0.05, 0) is 36.8 Å². The lowest BCUT2D eigenvalue weighted by Crippen LogP contribution is -2.37. The first-order valence-electron chi connectivity index (χ1n) is 8.55. The van der Waals surface area contributed by atoms with Gasteiger partial charge in [-0.25, -0.2) is 0 Å². The monoisotopic (exact) mass is 368 g/mol. The molecule has 2 rings (SSSR count). The van der Waals surface area contributed by atoms with E-state index in [1.54, 1.807) is 32.4 Å². The molecule has 0 fully saturated rings. The number of hydrogen-bond donors (Lipinski definition) is 2. The number of nitrogens with one attached hydrogen (secondary N) is 2. The fourth-order valence-corrected chi connectivity index (χ4v) is 2.51. The first-order chi connectivity index (χ1) is 13.0. The molecular formula is C21H24N2O4. The molecule has 0 aliphatic rings. The average Bonchev–Trinajstić information content (AvgIpc) is 2.70. The minimum absolute atomic E-state index is 0.116. The fraction of sp³-hybridized carbons (Fsp3) is 0.238. The molecule has 6 nitrogen and oxygen atoms in total. The lowest BCUT2D eigenvalue weighted by Gasteiger charge is -2.18. The molecule has 142 valence electrons. The molecule has 0 radical (unpaired) electrons. The van der Waals surface area contributed by atoms with Gasteiger partial charge in [0.15, 0.2) is 0 Å². The molecular weight excluding hydrogens is 344 g/mol. The standard InChI is InChI=1S/C21H24N2O4/c1-15(18-13-17(26-2)10-11-19(18)27-3)23-21(25)14-22-20(24)12-9-16-7-5-4-6-8-16/h4-13,15H,14H2,1-3H3,(H,22,24)(H,23,25)/b12-9+/t15-/m0/s1. The first-order valence-corrected chi connectivity index (χ1v) is 8.55. The summed E-state index contributed by atoms with van der Waals surface area (Å²) in [5.41, 5.74) is 1.70. The highest BCUT2D eigenvalue weighted by molar-refractivity contribution is 5.94. The summed E-state index contributed by atoms with van der Waals surface area (Å²) < 4.78 is 10.6. The third-order valence-electron chi connectivity index (χ3n) is 3.93. The van der Waals surface area contributed by atoms with Crippen LogP contribution in [0.3, 0.4) is 0 Å². The smallest absolute Gasteiger partial charge is 0.244 e. The van der Waals surface area contributed by atoms with Gasteiger partial charge in [-0.15, -0.1) is 0 Å². The van der Waals surface area contributed by atoms with Crippen LogP contribution in [0.5, 0.6) is 11.5 Å². The number of benzene rings is 2. The van der Waals surface area contributed by atoms with Crippen molar-refractivity contribution in [2.45, 2.75) is 13.0 Å².